The van der Waals surface area contributed by atoms with Crippen LogP contribution in [0.15, 0.2) is 29.3 Å². The third-order valence-electron chi connectivity index (χ3n) is 2.51. The summed E-state index contributed by atoms with van der Waals surface area (Å²) in [5.41, 5.74) is 5.71. The minimum atomic E-state index is -0.276. The van der Waals surface area contributed by atoms with Gasteiger partial charge in [0.05, 0.1) is 6.54 Å². The molecule has 106 valence electrons. The van der Waals surface area contributed by atoms with Crippen LogP contribution in [-0.4, -0.2) is 25.2 Å². The van der Waals surface area contributed by atoms with Crippen LogP contribution in [0, 0.1) is 5.82 Å². The van der Waals surface area contributed by atoms with Crippen LogP contribution in [0.2, 0.25) is 0 Å². The highest BCUT2D eigenvalue weighted by molar-refractivity contribution is 5.77. The molecule has 0 aliphatic rings. The van der Waals surface area contributed by atoms with Crippen molar-refractivity contribution in [3.05, 3.63) is 30.1 Å². The highest BCUT2D eigenvalue weighted by Crippen LogP contribution is 2.12. The minimum Gasteiger partial charge on any atom is -0.489 e. The fourth-order valence-corrected chi connectivity index (χ4v) is 1.46. The molecule has 0 spiro atoms. The summed E-state index contributed by atoms with van der Waals surface area (Å²) in [6.45, 7) is 5.31. The van der Waals surface area contributed by atoms with Gasteiger partial charge < -0.3 is 15.8 Å². The lowest BCUT2D eigenvalue weighted by atomic mass is 10.3. The molecule has 0 amide bonds. The van der Waals surface area contributed by atoms with E-state index in [9.17, 15) is 4.39 Å². The van der Waals surface area contributed by atoms with Gasteiger partial charge in [-0.25, -0.2) is 9.38 Å². The molecule has 1 atom stereocenters. The van der Waals surface area contributed by atoms with Crippen molar-refractivity contribution < 1.29 is 9.13 Å². The largest absolute Gasteiger partial charge is 0.489 e. The Hall–Kier alpha value is -1.78. The van der Waals surface area contributed by atoms with Crippen molar-refractivity contribution in [2.45, 2.75) is 32.8 Å². The summed E-state index contributed by atoms with van der Waals surface area (Å²) in [6, 6.07) is 5.93. The van der Waals surface area contributed by atoms with Crippen molar-refractivity contribution in [3.8, 4) is 5.75 Å². The molecule has 4 nitrogen and oxygen atoms in total. The van der Waals surface area contributed by atoms with E-state index in [0.717, 1.165) is 19.4 Å². The van der Waals surface area contributed by atoms with Gasteiger partial charge in [0.15, 0.2) is 5.96 Å². The van der Waals surface area contributed by atoms with E-state index in [1.54, 1.807) is 12.1 Å². The zero-order chi connectivity index (χ0) is 14.1. The number of ether oxygens (including phenoxy) is 1. The molecule has 0 aliphatic heterocycles. The van der Waals surface area contributed by atoms with Crippen molar-refractivity contribution in [1.29, 1.82) is 0 Å². The molecule has 0 radical (unpaired) electrons. The third kappa shape index (κ3) is 6.64. The number of nitrogens with one attached hydrogen (secondary N) is 1. The predicted molar refractivity (Wildman–Crippen MR) is 75.9 cm³/mol. The van der Waals surface area contributed by atoms with Crippen molar-refractivity contribution in [2.24, 2.45) is 10.7 Å². The molecule has 5 heteroatoms. The molecule has 0 saturated heterocycles. The second-order valence-electron chi connectivity index (χ2n) is 4.39. The maximum Gasteiger partial charge on any atom is 0.188 e. The van der Waals surface area contributed by atoms with Gasteiger partial charge in [0.2, 0.25) is 0 Å². The van der Waals surface area contributed by atoms with Crippen LogP contribution in [0.25, 0.3) is 0 Å². The maximum atomic E-state index is 12.7. The van der Waals surface area contributed by atoms with E-state index in [1.165, 1.54) is 12.1 Å². The van der Waals surface area contributed by atoms with E-state index in [4.69, 9.17) is 10.5 Å². The Morgan fingerprint density at radius 2 is 2.11 bits per heavy atom. The molecule has 0 fully saturated rings. The summed E-state index contributed by atoms with van der Waals surface area (Å²) in [5.74, 6) is 0.784. The number of aliphatic imine (C=N–C) groups is 1. The smallest absolute Gasteiger partial charge is 0.188 e. The maximum absolute atomic E-state index is 12.7. The molecular weight excluding hydrogens is 245 g/mol. The SMILES string of the molecule is CCCCNC(N)=NCC(C)Oc1ccc(F)cc1. The summed E-state index contributed by atoms with van der Waals surface area (Å²) >= 11 is 0. The fraction of sp³-hybridized carbons (Fsp3) is 0.500. The quantitative estimate of drug-likeness (QED) is 0.453. The van der Waals surface area contributed by atoms with Crippen LogP contribution in [-0.2, 0) is 0 Å². The average molecular weight is 267 g/mol. The van der Waals surface area contributed by atoms with Gasteiger partial charge in [0.1, 0.15) is 17.7 Å². The Morgan fingerprint density at radius 1 is 1.42 bits per heavy atom. The first kappa shape index (κ1) is 15.3. The predicted octanol–water partition coefficient (Wildman–Crippen LogP) is 2.30. The van der Waals surface area contributed by atoms with Gasteiger partial charge >= 0.3 is 0 Å². The number of guanidine groups is 1. The molecule has 1 unspecified atom stereocenters. The van der Waals surface area contributed by atoms with Crippen molar-refractivity contribution >= 4 is 5.96 Å². The van der Waals surface area contributed by atoms with E-state index in [2.05, 4.69) is 17.2 Å². The molecule has 1 rings (SSSR count). The molecule has 0 heterocycles. The van der Waals surface area contributed by atoms with Gasteiger partial charge in [-0.2, -0.15) is 0 Å². The van der Waals surface area contributed by atoms with Crippen LogP contribution in [0.5, 0.6) is 5.75 Å². The molecule has 3 N–H and O–H groups in total. The monoisotopic (exact) mass is 267 g/mol. The van der Waals surface area contributed by atoms with Crippen LogP contribution in [0.1, 0.15) is 26.7 Å². The normalized spacial score (nSPS) is 13.1. The van der Waals surface area contributed by atoms with E-state index in [0.29, 0.717) is 18.3 Å². The number of benzene rings is 1. The van der Waals surface area contributed by atoms with E-state index in [-0.39, 0.29) is 11.9 Å². The summed E-state index contributed by atoms with van der Waals surface area (Å²) in [5, 5.41) is 3.03. The van der Waals surface area contributed by atoms with Crippen LogP contribution in [0.4, 0.5) is 4.39 Å². The first-order valence-corrected chi connectivity index (χ1v) is 6.57. The Morgan fingerprint density at radius 3 is 2.74 bits per heavy atom. The first-order chi connectivity index (χ1) is 9.11. The standard InChI is InChI=1S/C14H22FN3O/c1-3-4-9-17-14(16)18-10-11(2)19-13-7-5-12(15)6-8-13/h5-8,11H,3-4,9-10H2,1-2H3,(H3,16,17,18). The average Bonchev–Trinajstić information content (AvgIpc) is 2.39. The van der Waals surface area contributed by atoms with Gasteiger partial charge in [-0.1, -0.05) is 13.3 Å². The molecular formula is C14H22FN3O. The van der Waals surface area contributed by atoms with Crippen LogP contribution in [0.3, 0.4) is 0 Å². The number of nitrogens with two attached hydrogens (primary N) is 1. The molecule has 1 aromatic carbocycles. The first-order valence-electron chi connectivity index (χ1n) is 6.57. The second-order valence-corrected chi connectivity index (χ2v) is 4.39. The molecule has 1 aromatic rings. The Kier molecular flexibility index (Phi) is 6.71. The summed E-state index contributed by atoms with van der Waals surface area (Å²) in [7, 11) is 0. The molecule has 0 aliphatic carbocycles. The summed E-state index contributed by atoms with van der Waals surface area (Å²) in [6.07, 6.45) is 2.07. The highest BCUT2D eigenvalue weighted by Gasteiger charge is 2.03. The zero-order valence-electron chi connectivity index (χ0n) is 11.5. The summed E-state index contributed by atoms with van der Waals surface area (Å²) < 4.78 is 18.3. The number of unbranched alkanes of at least 4 members (excludes halogenated alkanes) is 1. The lowest BCUT2D eigenvalue weighted by Gasteiger charge is -2.13. The van der Waals surface area contributed by atoms with Gasteiger partial charge in [-0.05, 0) is 37.6 Å². The number of hydrogen-bond acceptors (Lipinski definition) is 2. The lowest BCUT2D eigenvalue weighted by molar-refractivity contribution is 0.230. The third-order valence-corrected chi connectivity index (χ3v) is 2.51. The fourth-order valence-electron chi connectivity index (χ4n) is 1.46. The second kappa shape index (κ2) is 8.34. The Balaban J connectivity index is 2.32. The van der Waals surface area contributed by atoms with Crippen LogP contribution < -0.4 is 15.8 Å². The van der Waals surface area contributed by atoms with Gasteiger partial charge in [0.25, 0.3) is 0 Å². The molecule has 0 aromatic heterocycles. The number of nitrogens with zero attached hydrogens (tertiary/aromatic N) is 1. The Labute approximate surface area is 113 Å². The molecule has 0 saturated carbocycles. The number of hydrogen-bond donors (Lipinski definition) is 2. The summed E-state index contributed by atoms with van der Waals surface area (Å²) in [4.78, 5) is 4.19. The van der Waals surface area contributed by atoms with Crippen molar-refractivity contribution in [3.63, 3.8) is 0 Å². The highest BCUT2D eigenvalue weighted by atomic mass is 19.1. The Bertz CT molecular complexity index is 392. The van der Waals surface area contributed by atoms with Gasteiger partial charge in [-0.15, -0.1) is 0 Å². The van der Waals surface area contributed by atoms with E-state index >= 15 is 0 Å². The lowest BCUT2D eigenvalue weighted by Crippen LogP contribution is -2.33. The van der Waals surface area contributed by atoms with E-state index in [1.807, 2.05) is 6.92 Å². The van der Waals surface area contributed by atoms with Crippen LogP contribution >= 0.6 is 0 Å². The topological polar surface area (TPSA) is 59.6 Å². The zero-order valence-corrected chi connectivity index (χ0v) is 11.5. The molecule has 19 heavy (non-hydrogen) atoms. The number of halogens is 1. The van der Waals surface area contributed by atoms with Gasteiger partial charge in [0, 0.05) is 6.54 Å². The van der Waals surface area contributed by atoms with E-state index < -0.39 is 0 Å². The van der Waals surface area contributed by atoms with Crippen molar-refractivity contribution in [2.75, 3.05) is 13.1 Å². The van der Waals surface area contributed by atoms with Crippen molar-refractivity contribution in [1.82, 2.24) is 5.32 Å². The number of rotatable bonds is 7. The minimum absolute atomic E-state index is 0.114. The van der Waals surface area contributed by atoms with Gasteiger partial charge in [-0.3, -0.25) is 0 Å². The molecule has 0 bridgehead atoms.